The first kappa shape index (κ1) is 20.9. The number of allylic oxidation sites excluding steroid dienone is 1. The molecule has 7 heteroatoms. The number of rotatable bonds is 5. The normalized spacial score (nSPS) is 15.0. The molecule has 0 saturated heterocycles. The third-order valence-corrected chi connectivity index (χ3v) is 4.80. The predicted octanol–water partition coefficient (Wildman–Crippen LogP) is 3.19. The molecule has 30 heavy (non-hydrogen) atoms. The number of aromatic carboxylic acids is 1. The van der Waals surface area contributed by atoms with Crippen LogP contribution in [0.15, 0.2) is 65.4 Å². The number of hydrogen-bond acceptors (Lipinski definition) is 4. The van der Waals surface area contributed by atoms with E-state index in [0.29, 0.717) is 28.3 Å². The average Bonchev–Trinajstić information content (AvgIpc) is 2.97. The molecule has 0 unspecified atom stereocenters. The van der Waals surface area contributed by atoms with Crippen LogP contribution in [0.3, 0.4) is 0 Å². The second-order valence-electron chi connectivity index (χ2n) is 6.99. The maximum absolute atomic E-state index is 13.3. The van der Waals surface area contributed by atoms with Gasteiger partial charge >= 0.3 is 5.97 Å². The lowest BCUT2D eigenvalue weighted by atomic mass is 10.0. The Bertz CT molecular complexity index is 1080. The molecule has 0 saturated carbocycles. The maximum Gasteiger partial charge on any atom is 0.335 e. The van der Waals surface area contributed by atoms with E-state index in [4.69, 9.17) is 9.84 Å². The molecule has 7 nitrogen and oxygen atoms in total. The molecule has 0 radical (unpaired) electrons. The number of hydrogen-bond donors (Lipinski definition) is 1. The van der Waals surface area contributed by atoms with Gasteiger partial charge in [0.15, 0.2) is 0 Å². The van der Waals surface area contributed by atoms with Crippen LogP contribution in [0.2, 0.25) is 0 Å². The van der Waals surface area contributed by atoms with Crippen molar-refractivity contribution < 1.29 is 24.2 Å². The molecule has 3 rings (SSSR count). The molecule has 1 N–H and O–H groups in total. The lowest BCUT2D eigenvalue weighted by molar-refractivity contribution is -0.124. The monoisotopic (exact) mass is 406 g/mol. The summed E-state index contributed by atoms with van der Waals surface area (Å²) in [6.07, 6.45) is 1.61. The molecule has 0 atom stereocenters. The van der Waals surface area contributed by atoms with Crippen LogP contribution in [0, 0.1) is 0 Å². The maximum atomic E-state index is 13.3. The second-order valence-corrected chi connectivity index (χ2v) is 6.99. The first-order chi connectivity index (χ1) is 14.2. The molecule has 0 bridgehead atoms. The van der Waals surface area contributed by atoms with E-state index in [-0.39, 0.29) is 23.0 Å². The molecular formula is C23H22N2O5. The number of anilines is 1. The van der Waals surface area contributed by atoms with Crippen LogP contribution in [0.4, 0.5) is 5.69 Å². The van der Waals surface area contributed by atoms with Crippen LogP contribution in [-0.4, -0.2) is 49.0 Å². The highest BCUT2D eigenvalue weighted by Crippen LogP contribution is 2.36. The van der Waals surface area contributed by atoms with Crippen molar-refractivity contribution in [2.24, 2.45) is 0 Å². The van der Waals surface area contributed by atoms with Gasteiger partial charge in [0, 0.05) is 25.9 Å². The highest BCUT2D eigenvalue weighted by atomic mass is 16.5. The summed E-state index contributed by atoms with van der Waals surface area (Å²) in [4.78, 5) is 40.2. The Morgan fingerprint density at radius 2 is 1.77 bits per heavy atom. The Kier molecular flexibility index (Phi) is 5.73. The third kappa shape index (κ3) is 3.82. The van der Waals surface area contributed by atoms with Gasteiger partial charge in [0.05, 0.1) is 29.5 Å². The van der Waals surface area contributed by atoms with Crippen molar-refractivity contribution in [2.45, 2.75) is 6.92 Å². The SMILES string of the molecule is COc1cccc(N2C(=O)/C(=C/c3ccc(C(=O)O)cc3)C(C(=O)N(C)C)=C2C)c1. The highest BCUT2D eigenvalue weighted by molar-refractivity contribution is 6.24. The van der Waals surface area contributed by atoms with Gasteiger partial charge in [-0.05, 0) is 42.8 Å². The van der Waals surface area contributed by atoms with Crippen LogP contribution >= 0.6 is 0 Å². The molecule has 2 aromatic rings. The van der Waals surface area contributed by atoms with Crippen molar-refractivity contribution in [2.75, 3.05) is 26.1 Å². The summed E-state index contributed by atoms with van der Waals surface area (Å²) in [5.74, 6) is -1.07. The molecular weight excluding hydrogens is 384 g/mol. The second kappa shape index (κ2) is 8.24. The van der Waals surface area contributed by atoms with Crippen molar-refractivity contribution in [1.29, 1.82) is 0 Å². The fraction of sp³-hybridized carbons (Fsp3) is 0.174. The minimum atomic E-state index is -1.03. The summed E-state index contributed by atoms with van der Waals surface area (Å²) in [6, 6.07) is 13.2. The van der Waals surface area contributed by atoms with Crippen molar-refractivity contribution in [3.8, 4) is 5.75 Å². The van der Waals surface area contributed by atoms with Crippen molar-refractivity contribution >= 4 is 29.5 Å². The van der Waals surface area contributed by atoms with Gasteiger partial charge in [-0.25, -0.2) is 4.79 Å². The fourth-order valence-corrected chi connectivity index (χ4v) is 3.26. The zero-order valence-electron chi connectivity index (χ0n) is 17.2. The van der Waals surface area contributed by atoms with E-state index in [0.717, 1.165) is 0 Å². The zero-order valence-corrected chi connectivity index (χ0v) is 17.2. The van der Waals surface area contributed by atoms with E-state index < -0.39 is 5.97 Å². The number of ether oxygens (including phenoxy) is 1. The number of nitrogens with zero attached hydrogens (tertiary/aromatic N) is 2. The van der Waals surface area contributed by atoms with Crippen LogP contribution < -0.4 is 9.64 Å². The number of amides is 2. The van der Waals surface area contributed by atoms with E-state index in [1.165, 1.54) is 21.9 Å². The summed E-state index contributed by atoms with van der Waals surface area (Å²) >= 11 is 0. The van der Waals surface area contributed by atoms with Crippen LogP contribution in [0.1, 0.15) is 22.8 Å². The number of carboxylic acid groups (broad SMARTS) is 1. The summed E-state index contributed by atoms with van der Waals surface area (Å²) in [5.41, 5.74) is 2.41. The van der Waals surface area contributed by atoms with Gasteiger partial charge in [-0.15, -0.1) is 0 Å². The number of carbonyl (C=O) groups excluding carboxylic acids is 2. The predicted molar refractivity (Wildman–Crippen MR) is 113 cm³/mol. The van der Waals surface area contributed by atoms with Gasteiger partial charge < -0.3 is 14.7 Å². The number of methoxy groups -OCH3 is 1. The van der Waals surface area contributed by atoms with Crippen LogP contribution in [-0.2, 0) is 9.59 Å². The third-order valence-electron chi connectivity index (χ3n) is 4.80. The molecule has 1 aliphatic heterocycles. The number of carbonyl (C=O) groups is 3. The molecule has 154 valence electrons. The Labute approximate surface area is 174 Å². The van der Waals surface area contributed by atoms with Gasteiger partial charge in [0.1, 0.15) is 5.75 Å². The largest absolute Gasteiger partial charge is 0.497 e. The fourth-order valence-electron chi connectivity index (χ4n) is 3.26. The molecule has 0 spiro atoms. The highest BCUT2D eigenvalue weighted by Gasteiger charge is 2.38. The molecule has 2 aromatic carbocycles. The Hall–Kier alpha value is -3.87. The van der Waals surface area contributed by atoms with E-state index in [9.17, 15) is 14.4 Å². The minimum Gasteiger partial charge on any atom is -0.497 e. The van der Waals surface area contributed by atoms with Gasteiger partial charge in [-0.3, -0.25) is 14.5 Å². The lowest BCUT2D eigenvalue weighted by Crippen LogP contribution is -2.24. The van der Waals surface area contributed by atoms with Crippen molar-refractivity contribution in [3.05, 3.63) is 76.5 Å². The van der Waals surface area contributed by atoms with Gasteiger partial charge in [-0.2, -0.15) is 0 Å². The minimum absolute atomic E-state index is 0.143. The Morgan fingerprint density at radius 3 is 2.33 bits per heavy atom. The average molecular weight is 406 g/mol. The summed E-state index contributed by atoms with van der Waals surface area (Å²) in [5, 5.41) is 9.07. The van der Waals surface area contributed by atoms with Crippen molar-refractivity contribution in [3.63, 3.8) is 0 Å². The standard InChI is InChI=1S/C23H22N2O5/c1-14-20(22(27)24(2)3)19(12-15-8-10-16(11-9-15)23(28)29)21(26)25(14)17-6-5-7-18(13-17)30-4/h5-13H,1-4H3,(H,28,29)/b19-12+. The topological polar surface area (TPSA) is 87.1 Å². The van der Waals surface area contributed by atoms with Gasteiger partial charge in [-0.1, -0.05) is 18.2 Å². The van der Waals surface area contributed by atoms with Gasteiger partial charge in [0.2, 0.25) is 0 Å². The zero-order chi connectivity index (χ0) is 22.0. The molecule has 2 amide bonds. The molecule has 1 aliphatic rings. The molecule has 1 heterocycles. The van der Waals surface area contributed by atoms with Crippen LogP contribution in [0.5, 0.6) is 5.75 Å². The van der Waals surface area contributed by atoms with Gasteiger partial charge in [0.25, 0.3) is 11.8 Å². The smallest absolute Gasteiger partial charge is 0.335 e. The van der Waals surface area contributed by atoms with Crippen molar-refractivity contribution in [1.82, 2.24) is 4.90 Å². The summed E-state index contributed by atoms with van der Waals surface area (Å²) < 4.78 is 5.26. The first-order valence-corrected chi connectivity index (χ1v) is 9.21. The molecule has 0 fully saturated rings. The van der Waals surface area contributed by atoms with E-state index in [1.807, 2.05) is 0 Å². The van der Waals surface area contributed by atoms with E-state index in [2.05, 4.69) is 0 Å². The Morgan fingerprint density at radius 1 is 1.10 bits per heavy atom. The number of likely N-dealkylation sites (N-methyl/N-ethyl adjacent to an activating group) is 1. The lowest BCUT2D eigenvalue weighted by Gasteiger charge is -2.18. The quantitative estimate of drug-likeness (QED) is 0.771. The van der Waals surface area contributed by atoms with Crippen LogP contribution in [0.25, 0.3) is 6.08 Å². The van der Waals surface area contributed by atoms with E-state index in [1.54, 1.807) is 70.6 Å². The number of carboxylic acids is 1. The Balaban J connectivity index is 2.12. The first-order valence-electron chi connectivity index (χ1n) is 9.21. The summed E-state index contributed by atoms with van der Waals surface area (Å²) in [6.45, 7) is 1.72. The summed E-state index contributed by atoms with van der Waals surface area (Å²) in [7, 11) is 4.79. The number of benzene rings is 2. The molecule has 0 aliphatic carbocycles. The molecule has 0 aromatic heterocycles. The van der Waals surface area contributed by atoms with E-state index >= 15 is 0 Å².